The van der Waals surface area contributed by atoms with E-state index in [0.717, 1.165) is 50.1 Å². The molecule has 28 heavy (non-hydrogen) atoms. The predicted octanol–water partition coefficient (Wildman–Crippen LogP) is 3.45. The second-order valence-electron chi connectivity index (χ2n) is 6.71. The van der Waals surface area contributed by atoms with Gasteiger partial charge in [0.2, 0.25) is 0 Å². The highest BCUT2D eigenvalue weighted by atomic mass is 127. The Hall–Kier alpha value is -1.74. The van der Waals surface area contributed by atoms with Crippen molar-refractivity contribution >= 4 is 29.9 Å². The monoisotopic (exact) mass is 498 g/mol. The minimum absolute atomic E-state index is 0. The summed E-state index contributed by atoms with van der Waals surface area (Å²) in [5, 5.41) is 6.85. The van der Waals surface area contributed by atoms with Crippen LogP contribution in [0.4, 0.5) is 0 Å². The van der Waals surface area contributed by atoms with Crippen LogP contribution < -0.4 is 15.4 Å². The third kappa shape index (κ3) is 6.13. The highest BCUT2D eigenvalue weighted by Gasteiger charge is 2.25. The number of hydrogen-bond acceptors (Lipinski definition) is 4. The summed E-state index contributed by atoms with van der Waals surface area (Å²) < 4.78 is 11.0. The number of nitrogens with zero attached hydrogens (tertiary/aromatic N) is 2. The van der Waals surface area contributed by atoms with Crippen molar-refractivity contribution in [3.8, 4) is 5.75 Å². The molecule has 1 aliphatic heterocycles. The van der Waals surface area contributed by atoms with Crippen LogP contribution in [0.3, 0.4) is 0 Å². The van der Waals surface area contributed by atoms with E-state index in [1.807, 2.05) is 24.3 Å². The van der Waals surface area contributed by atoms with E-state index < -0.39 is 0 Å². The zero-order valence-electron chi connectivity index (χ0n) is 16.7. The van der Waals surface area contributed by atoms with Crippen LogP contribution in [0.2, 0.25) is 0 Å². The van der Waals surface area contributed by atoms with Crippen molar-refractivity contribution in [3.63, 3.8) is 0 Å². The minimum Gasteiger partial charge on any atom is -0.496 e. The summed E-state index contributed by atoms with van der Waals surface area (Å²) in [6.07, 6.45) is 5.04. The lowest BCUT2D eigenvalue weighted by molar-refractivity contribution is 0.239. The Kier molecular flexibility index (Phi) is 9.63. The van der Waals surface area contributed by atoms with Gasteiger partial charge in [0.15, 0.2) is 5.96 Å². The maximum Gasteiger partial charge on any atom is 0.191 e. The molecule has 0 amide bonds. The molecular weight excluding hydrogens is 467 g/mol. The lowest BCUT2D eigenvalue weighted by atomic mass is 10.0. The first kappa shape index (κ1) is 22.5. The van der Waals surface area contributed by atoms with Gasteiger partial charge in [0, 0.05) is 32.1 Å². The Labute approximate surface area is 184 Å². The van der Waals surface area contributed by atoms with Crippen molar-refractivity contribution in [1.29, 1.82) is 0 Å². The van der Waals surface area contributed by atoms with Crippen molar-refractivity contribution in [2.24, 2.45) is 4.99 Å². The normalized spacial score (nSPS) is 15.7. The highest BCUT2D eigenvalue weighted by Crippen LogP contribution is 2.31. The van der Waals surface area contributed by atoms with E-state index in [4.69, 9.17) is 9.15 Å². The molecule has 0 spiro atoms. The van der Waals surface area contributed by atoms with Gasteiger partial charge in [0.25, 0.3) is 0 Å². The summed E-state index contributed by atoms with van der Waals surface area (Å²) in [6, 6.07) is 12.5. The number of rotatable bonds is 8. The molecule has 1 aliphatic rings. The molecule has 0 radical (unpaired) electrons. The fraction of sp³-hybridized carbons (Fsp3) is 0.476. The molecule has 7 heteroatoms. The van der Waals surface area contributed by atoms with Crippen LogP contribution in [-0.2, 0) is 6.42 Å². The van der Waals surface area contributed by atoms with E-state index in [1.54, 1.807) is 20.4 Å². The highest BCUT2D eigenvalue weighted by molar-refractivity contribution is 14.0. The zero-order valence-corrected chi connectivity index (χ0v) is 19.0. The number of guanidine groups is 1. The molecule has 1 unspecified atom stereocenters. The fourth-order valence-corrected chi connectivity index (χ4v) is 3.60. The number of para-hydroxylation sites is 1. The first-order chi connectivity index (χ1) is 13.3. The number of furan rings is 1. The number of nitrogens with one attached hydrogen (secondary N) is 2. The Balaban J connectivity index is 0.00000280. The van der Waals surface area contributed by atoms with Gasteiger partial charge in [0.05, 0.1) is 19.4 Å². The molecule has 1 aromatic carbocycles. The summed E-state index contributed by atoms with van der Waals surface area (Å²) in [6.45, 7) is 3.79. The van der Waals surface area contributed by atoms with E-state index in [0.29, 0.717) is 0 Å². The first-order valence-electron chi connectivity index (χ1n) is 9.65. The van der Waals surface area contributed by atoms with Gasteiger partial charge < -0.3 is 19.8 Å². The first-order valence-corrected chi connectivity index (χ1v) is 9.65. The number of ether oxygens (including phenoxy) is 1. The maximum atomic E-state index is 5.61. The molecule has 2 aromatic rings. The number of hydrogen-bond donors (Lipinski definition) is 2. The summed E-state index contributed by atoms with van der Waals surface area (Å²) in [4.78, 5) is 6.88. The van der Waals surface area contributed by atoms with E-state index in [-0.39, 0.29) is 30.0 Å². The third-order valence-corrected chi connectivity index (χ3v) is 5.01. The van der Waals surface area contributed by atoms with Gasteiger partial charge in [-0.2, -0.15) is 0 Å². The average Bonchev–Trinajstić information content (AvgIpc) is 3.41. The van der Waals surface area contributed by atoms with Crippen molar-refractivity contribution < 1.29 is 9.15 Å². The predicted molar refractivity (Wildman–Crippen MR) is 124 cm³/mol. The van der Waals surface area contributed by atoms with Crippen LogP contribution in [0, 0.1) is 0 Å². The molecule has 0 bridgehead atoms. The Morgan fingerprint density at radius 2 is 1.96 bits per heavy atom. The maximum absolute atomic E-state index is 5.61. The van der Waals surface area contributed by atoms with Crippen molar-refractivity contribution in [3.05, 3.63) is 54.0 Å². The SMILES string of the molecule is CN=C(NCCc1ccco1)NCC(c1ccccc1OC)N1CCCC1.I. The topological polar surface area (TPSA) is 62.0 Å². The molecule has 3 rings (SSSR count). The van der Waals surface area contributed by atoms with Gasteiger partial charge in [-0.15, -0.1) is 24.0 Å². The van der Waals surface area contributed by atoms with Crippen LogP contribution in [0.5, 0.6) is 5.75 Å². The Morgan fingerprint density at radius 3 is 2.64 bits per heavy atom. The molecule has 2 N–H and O–H groups in total. The summed E-state index contributed by atoms with van der Waals surface area (Å²) >= 11 is 0. The lowest BCUT2D eigenvalue weighted by Crippen LogP contribution is -2.43. The molecule has 0 saturated carbocycles. The van der Waals surface area contributed by atoms with E-state index in [2.05, 4.69) is 32.7 Å². The van der Waals surface area contributed by atoms with Gasteiger partial charge in [0.1, 0.15) is 11.5 Å². The fourth-order valence-electron chi connectivity index (χ4n) is 3.60. The minimum atomic E-state index is 0. The second kappa shape index (κ2) is 12.0. The number of halogens is 1. The van der Waals surface area contributed by atoms with Crippen molar-refractivity contribution in [1.82, 2.24) is 15.5 Å². The smallest absolute Gasteiger partial charge is 0.191 e. The molecule has 1 fully saturated rings. The summed E-state index contributed by atoms with van der Waals surface area (Å²) in [7, 11) is 3.54. The van der Waals surface area contributed by atoms with E-state index in [9.17, 15) is 0 Å². The molecule has 1 atom stereocenters. The van der Waals surface area contributed by atoms with E-state index in [1.165, 1.54) is 18.4 Å². The molecule has 6 nitrogen and oxygen atoms in total. The van der Waals surface area contributed by atoms with Gasteiger partial charge in [-0.25, -0.2) is 0 Å². The molecule has 0 aliphatic carbocycles. The summed E-state index contributed by atoms with van der Waals surface area (Å²) in [5.41, 5.74) is 1.22. The van der Waals surface area contributed by atoms with Crippen LogP contribution in [0.1, 0.15) is 30.2 Å². The van der Waals surface area contributed by atoms with Gasteiger partial charge in [-0.3, -0.25) is 9.89 Å². The van der Waals surface area contributed by atoms with Crippen LogP contribution >= 0.6 is 24.0 Å². The number of methoxy groups -OCH3 is 1. The van der Waals surface area contributed by atoms with Crippen molar-refractivity contribution in [2.75, 3.05) is 40.3 Å². The van der Waals surface area contributed by atoms with Crippen LogP contribution in [-0.4, -0.2) is 51.2 Å². The zero-order chi connectivity index (χ0) is 18.9. The molecule has 1 saturated heterocycles. The molecular formula is C21H31IN4O2. The van der Waals surface area contributed by atoms with Crippen LogP contribution in [0.25, 0.3) is 0 Å². The third-order valence-electron chi connectivity index (χ3n) is 5.01. The van der Waals surface area contributed by atoms with Gasteiger partial charge in [-0.1, -0.05) is 18.2 Å². The largest absolute Gasteiger partial charge is 0.496 e. The standard InChI is InChI=1S/C21H30N4O2.HI/c1-22-21(23-12-11-17-8-7-15-27-17)24-16-19(25-13-5-6-14-25)18-9-3-4-10-20(18)26-2;/h3-4,7-10,15,19H,5-6,11-14,16H2,1-2H3,(H2,22,23,24);1H. The summed E-state index contributed by atoms with van der Waals surface area (Å²) in [5.74, 6) is 2.72. The Bertz CT molecular complexity index is 715. The van der Waals surface area contributed by atoms with Gasteiger partial charge in [-0.05, 0) is 44.1 Å². The second-order valence-corrected chi connectivity index (χ2v) is 6.71. The Morgan fingerprint density at radius 1 is 1.18 bits per heavy atom. The quantitative estimate of drug-likeness (QED) is 0.332. The van der Waals surface area contributed by atoms with Crippen LogP contribution in [0.15, 0.2) is 52.1 Å². The molecule has 1 aromatic heterocycles. The van der Waals surface area contributed by atoms with E-state index >= 15 is 0 Å². The average molecular weight is 498 g/mol. The van der Waals surface area contributed by atoms with Crippen molar-refractivity contribution in [2.45, 2.75) is 25.3 Å². The van der Waals surface area contributed by atoms with Gasteiger partial charge >= 0.3 is 0 Å². The lowest BCUT2D eigenvalue weighted by Gasteiger charge is -2.30. The molecule has 2 heterocycles. The number of benzene rings is 1. The number of aliphatic imine (C=N–C) groups is 1. The number of likely N-dealkylation sites (tertiary alicyclic amines) is 1. The molecule has 154 valence electrons.